The molecule has 0 aliphatic carbocycles. The zero-order chi connectivity index (χ0) is 17.6. The quantitative estimate of drug-likeness (QED) is 0.827. The van der Waals surface area contributed by atoms with Gasteiger partial charge in [0.05, 0.1) is 0 Å². The van der Waals surface area contributed by atoms with Gasteiger partial charge in [0.25, 0.3) is 12.9 Å². The van der Waals surface area contributed by atoms with Crippen molar-refractivity contribution in [2.45, 2.75) is 20.8 Å². The Hall–Kier alpha value is -1.64. The Kier molecular flexibility index (Phi) is 6.99. The van der Waals surface area contributed by atoms with Crippen LogP contribution in [0.5, 0.6) is 0 Å². The zero-order valence-electron chi connectivity index (χ0n) is 13.1. The molecule has 2 N–H and O–H groups in total. The molecular weight excluding hydrogens is 334 g/mol. The molecule has 0 aliphatic heterocycles. The average molecular weight is 353 g/mol. The maximum Gasteiger partial charge on any atom is 0.491 e. The first kappa shape index (κ1) is 19.4. The molecule has 2 unspecified atom stereocenters. The molecule has 0 aromatic heterocycles. The minimum absolute atomic E-state index is 0.171. The lowest BCUT2D eigenvalue weighted by atomic mass is 10.0. The molecule has 122 valence electrons. The van der Waals surface area contributed by atoms with Crippen LogP contribution in [0.3, 0.4) is 0 Å². The summed E-state index contributed by atoms with van der Waals surface area (Å²) in [6, 6.07) is 11.8. The Morgan fingerprint density at radius 2 is 1.48 bits per heavy atom. The van der Waals surface area contributed by atoms with Crippen molar-refractivity contribution in [3.63, 3.8) is 0 Å². The van der Waals surface area contributed by atoms with Gasteiger partial charge >= 0.3 is 8.69 Å². The van der Waals surface area contributed by atoms with E-state index in [4.69, 9.17) is 9.46 Å². The lowest BCUT2D eigenvalue weighted by Crippen LogP contribution is -2.14. The fourth-order valence-electron chi connectivity index (χ4n) is 2.42. The van der Waals surface area contributed by atoms with Crippen LogP contribution >= 0.6 is 16.1 Å². The SMILES string of the molecule is Cc1cc(C)c(C(=O)P(=O)(O)c2ccccc2)c(C)c1.O=[PH+]O. The van der Waals surface area contributed by atoms with Crippen LogP contribution in [-0.4, -0.2) is 15.3 Å². The molecule has 0 fully saturated rings. The molecule has 2 aromatic carbocycles. The first-order valence-corrected chi connectivity index (χ1v) is 9.29. The predicted molar refractivity (Wildman–Crippen MR) is 92.1 cm³/mol. The minimum atomic E-state index is -4.07. The molecule has 0 saturated heterocycles. The van der Waals surface area contributed by atoms with E-state index >= 15 is 0 Å². The topological polar surface area (TPSA) is 91.7 Å². The van der Waals surface area contributed by atoms with Crippen molar-refractivity contribution in [1.82, 2.24) is 0 Å². The Labute approximate surface area is 136 Å². The Morgan fingerprint density at radius 1 is 1.04 bits per heavy atom. The molecule has 7 heteroatoms. The summed E-state index contributed by atoms with van der Waals surface area (Å²) in [7, 11) is -5.23. The van der Waals surface area contributed by atoms with Crippen LogP contribution in [0.1, 0.15) is 27.0 Å². The third-order valence-electron chi connectivity index (χ3n) is 3.27. The van der Waals surface area contributed by atoms with Crippen LogP contribution < -0.4 is 5.30 Å². The third kappa shape index (κ3) is 4.66. The van der Waals surface area contributed by atoms with E-state index in [-0.39, 0.29) is 5.30 Å². The van der Waals surface area contributed by atoms with E-state index in [1.54, 1.807) is 32.0 Å². The maximum absolute atomic E-state index is 12.5. The van der Waals surface area contributed by atoms with Gasteiger partial charge in [-0.15, -0.1) is 0 Å². The predicted octanol–water partition coefficient (Wildman–Crippen LogP) is 3.27. The van der Waals surface area contributed by atoms with Crippen LogP contribution in [0.2, 0.25) is 0 Å². The van der Waals surface area contributed by atoms with E-state index in [9.17, 15) is 14.3 Å². The molecular formula is C16H19O5P2+. The Morgan fingerprint density at radius 3 is 1.91 bits per heavy atom. The van der Waals surface area contributed by atoms with Crippen LogP contribution in [0, 0.1) is 20.8 Å². The van der Waals surface area contributed by atoms with Crippen LogP contribution in [0.4, 0.5) is 0 Å². The first-order valence-electron chi connectivity index (χ1n) is 6.78. The molecule has 0 amide bonds. The van der Waals surface area contributed by atoms with Crippen molar-refractivity contribution < 1.29 is 23.7 Å². The molecule has 0 heterocycles. The summed E-state index contributed by atoms with van der Waals surface area (Å²) >= 11 is 0. The van der Waals surface area contributed by atoms with E-state index in [1.165, 1.54) is 12.1 Å². The summed E-state index contributed by atoms with van der Waals surface area (Å²) in [5, 5.41) is 0.171. The van der Waals surface area contributed by atoms with Crippen molar-refractivity contribution in [2.75, 3.05) is 0 Å². The smallest absolute Gasteiger partial charge is 0.336 e. The number of carbonyl (C=O) groups excluding carboxylic acids is 1. The molecule has 2 rings (SSSR count). The van der Waals surface area contributed by atoms with Gasteiger partial charge in [0.1, 0.15) is 0 Å². The van der Waals surface area contributed by atoms with Crippen LogP contribution in [0.15, 0.2) is 42.5 Å². The molecule has 0 bridgehead atoms. The van der Waals surface area contributed by atoms with Crippen molar-refractivity contribution in [3.8, 4) is 0 Å². The lowest BCUT2D eigenvalue weighted by Gasteiger charge is -2.15. The van der Waals surface area contributed by atoms with Crippen molar-refractivity contribution in [1.29, 1.82) is 0 Å². The maximum atomic E-state index is 12.5. The molecule has 0 radical (unpaired) electrons. The molecule has 5 nitrogen and oxygen atoms in total. The number of aryl methyl sites for hydroxylation is 3. The number of benzene rings is 2. The van der Waals surface area contributed by atoms with Crippen molar-refractivity contribution >= 4 is 26.9 Å². The second-order valence-electron chi connectivity index (χ2n) is 5.08. The first-order chi connectivity index (χ1) is 10.8. The van der Waals surface area contributed by atoms with Crippen molar-refractivity contribution in [3.05, 3.63) is 64.7 Å². The molecule has 2 aromatic rings. The van der Waals surface area contributed by atoms with Gasteiger partial charge in [0.2, 0.25) is 0 Å². The summed E-state index contributed by atoms with van der Waals surface area (Å²) in [6.45, 7) is 5.51. The third-order valence-corrected chi connectivity index (χ3v) is 5.04. The largest absolute Gasteiger partial charge is 0.491 e. The van der Waals surface area contributed by atoms with Crippen LogP contribution in [-0.2, 0) is 9.13 Å². The fourth-order valence-corrected chi connectivity index (χ4v) is 3.88. The van der Waals surface area contributed by atoms with Crippen molar-refractivity contribution in [2.24, 2.45) is 0 Å². The molecule has 0 saturated carbocycles. The van der Waals surface area contributed by atoms with E-state index < -0.39 is 21.6 Å². The summed E-state index contributed by atoms with van der Waals surface area (Å²) in [5.41, 5.74) is 2.16. The Bertz CT molecular complexity index is 733. The normalized spacial score (nSPS) is 12.9. The van der Waals surface area contributed by atoms with E-state index in [0.717, 1.165) is 16.7 Å². The van der Waals surface area contributed by atoms with Gasteiger partial charge in [0, 0.05) is 10.9 Å². The number of hydrogen-bond acceptors (Lipinski definition) is 3. The summed E-state index contributed by atoms with van der Waals surface area (Å²) < 4.78 is 21.0. The van der Waals surface area contributed by atoms with Gasteiger partial charge < -0.3 is 4.89 Å². The van der Waals surface area contributed by atoms with Gasteiger partial charge in [0.15, 0.2) is 0 Å². The number of rotatable bonds is 3. The number of hydrogen-bond donors (Lipinski definition) is 2. The highest BCUT2D eigenvalue weighted by Crippen LogP contribution is 2.44. The highest BCUT2D eigenvalue weighted by atomic mass is 31.2. The zero-order valence-corrected chi connectivity index (χ0v) is 15.0. The van der Waals surface area contributed by atoms with Gasteiger partial charge in [-0.1, -0.05) is 35.9 Å². The van der Waals surface area contributed by atoms with Gasteiger partial charge in [-0.3, -0.25) is 9.36 Å². The second-order valence-corrected chi connectivity index (χ2v) is 7.34. The average Bonchev–Trinajstić information content (AvgIpc) is 2.47. The standard InChI is InChI=1S/C16H17O3P.HO2P/c1-11-9-12(2)15(13(3)10-11)16(17)20(18,19)14-7-5-4-6-8-14;1-3-2/h4-10H,1-3H3,(H,18,19);3H/p+1. The highest BCUT2D eigenvalue weighted by Gasteiger charge is 2.33. The highest BCUT2D eigenvalue weighted by molar-refractivity contribution is 7.82. The molecule has 23 heavy (non-hydrogen) atoms. The van der Waals surface area contributed by atoms with E-state index in [0.29, 0.717) is 5.56 Å². The molecule has 2 atom stereocenters. The molecule has 0 aliphatic rings. The van der Waals surface area contributed by atoms with Gasteiger partial charge in [-0.05, 0) is 48.6 Å². The van der Waals surface area contributed by atoms with E-state index in [1.807, 2.05) is 19.1 Å². The van der Waals surface area contributed by atoms with E-state index in [2.05, 4.69) is 0 Å². The number of carbonyl (C=O) groups is 1. The minimum Gasteiger partial charge on any atom is -0.336 e. The summed E-state index contributed by atoms with van der Waals surface area (Å²) in [4.78, 5) is 29.8. The second kappa shape index (κ2) is 8.28. The van der Waals surface area contributed by atoms with Gasteiger partial charge in [-0.25, -0.2) is 0 Å². The lowest BCUT2D eigenvalue weighted by molar-refractivity contribution is 0.106. The van der Waals surface area contributed by atoms with Crippen LogP contribution in [0.25, 0.3) is 0 Å². The molecule has 0 spiro atoms. The monoisotopic (exact) mass is 353 g/mol. The Balaban J connectivity index is 0.000000816. The summed E-state index contributed by atoms with van der Waals surface area (Å²) in [6.07, 6.45) is 0. The van der Waals surface area contributed by atoms with Gasteiger partial charge in [-0.2, -0.15) is 4.89 Å². The summed E-state index contributed by atoms with van der Waals surface area (Å²) in [5.74, 6) is 0. The fraction of sp³-hybridized carbons (Fsp3) is 0.188.